The third kappa shape index (κ3) is 7.77. The molecule has 0 atom stereocenters. The quantitative estimate of drug-likeness (QED) is 0.588. The fourth-order valence-corrected chi connectivity index (χ4v) is 2.24. The monoisotopic (exact) mass is 352 g/mol. The summed E-state index contributed by atoms with van der Waals surface area (Å²) in [6.07, 6.45) is 0. The van der Waals surface area contributed by atoms with Gasteiger partial charge in [0.15, 0.2) is 5.78 Å². The van der Waals surface area contributed by atoms with Gasteiger partial charge in [-0.2, -0.15) is 0 Å². The first-order valence-electron chi connectivity index (χ1n) is 7.91. The topological polar surface area (TPSA) is 107 Å². The van der Waals surface area contributed by atoms with Crippen molar-refractivity contribution in [1.82, 2.24) is 9.80 Å². The number of rotatable bonds is 5. The average Bonchev–Trinajstić information content (AvgIpc) is 2.57. The molecule has 0 saturated carbocycles. The zero-order valence-electron chi connectivity index (χ0n) is 14.5. The number of carbonyl (C=O) groups excluding carboxylic acids is 1. The summed E-state index contributed by atoms with van der Waals surface area (Å²) in [6, 6.07) is 7.44. The standard InChI is InChI=1S/C15H22N2O2.C2H2O4/c1-13(18)14-5-3-4-6-15(14)19-12-11-17-9-7-16(2)8-10-17;3-1(4)2(5)6/h3-6H,7-12H2,1-2H3;(H,3,4)(H,5,6). The summed E-state index contributed by atoms with van der Waals surface area (Å²) < 4.78 is 5.75. The number of aliphatic carboxylic acids is 2. The molecule has 0 bridgehead atoms. The van der Waals surface area contributed by atoms with Crippen molar-refractivity contribution in [2.24, 2.45) is 0 Å². The van der Waals surface area contributed by atoms with Gasteiger partial charge in [-0.15, -0.1) is 0 Å². The van der Waals surface area contributed by atoms with Crippen LogP contribution < -0.4 is 4.74 Å². The summed E-state index contributed by atoms with van der Waals surface area (Å²) in [5.74, 6) is -2.90. The van der Waals surface area contributed by atoms with E-state index in [2.05, 4.69) is 16.8 Å². The van der Waals surface area contributed by atoms with Gasteiger partial charge in [-0.3, -0.25) is 9.69 Å². The molecule has 0 aromatic heterocycles. The molecular formula is C17H24N2O6. The number of hydrogen-bond acceptors (Lipinski definition) is 6. The molecule has 0 aliphatic carbocycles. The number of carboxylic acids is 2. The average molecular weight is 352 g/mol. The number of nitrogens with zero attached hydrogens (tertiary/aromatic N) is 2. The Bertz CT molecular complexity index is 585. The van der Waals surface area contributed by atoms with Crippen molar-refractivity contribution >= 4 is 17.7 Å². The molecule has 1 aliphatic rings. The minimum atomic E-state index is -1.82. The van der Waals surface area contributed by atoms with Crippen LogP contribution in [0.1, 0.15) is 17.3 Å². The maximum atomic E-state index is 11.5. The number of carbonyl (C=O) groups is 3. The van der Waals surface area contributed by atoms with Crippen LogP contribution in [0.4, 0.5) is 0 Å². The Labute approximate surface area is 146 Å². The van der Waals surface area contributed by atoms with Gasteiger partial charge in [-0.25, -0.2) is 9.59 Å². The molecular weight excluding hydrogens is 328 g/mol. The third-order valence-corrected chi connectivity index (χ3v) is 3.71. The highest BCUT2D eigenvalue weighted by Crippen LogP contribution is 2.18. The molecule has 1 saturated heterocycles. The molecule has 0 spiro atoms. The molecule has 2 N–H and O–H groups in total. The number of para-hydroxylation sites is 1. The summed E-state index contributed by atoms with van der Waals surface area (Å²) in [6.45, 7) is 7.53. The van der Waals surface area contributed by atoms with Crippen LogP contribution >= 0.6 is 0 Å². The van der Waals surface area contributed by atoms with Gasteiger partial charge in [0.25, 0.3) is 0 Å². The number of likely N-dealkylation sites (N-methyl/N-ethyl adjacent to an activating group) is 1. The molecule has 138 valence electrons. The van der Waals surface area contributed by atoms with Crippen LogP contribution in [0.25, 0.3) is 0 Å². The van der Waals surface area contributed by atoms with Crippen molar-refractivity contribution in [3.8, 4) is 5.75 Å². The smallest absolute Gasteiger partial charge is 0.414 e. The number of ketones is 1. The van der Waals surface area contributed by atoms with Crippen LogP contribution in [0.5, 0.6) is 5.75 Å². The maximum absolute atomic E-state index is 11.5. The fraction of sp³-hybridized carbons (Fsp3) is 0.471. The molecule has 8 heteroatoms. The predicted octanol–water partition coefficient (Wildman–Crippen LogP) is 0.671. The lowest BCUT2D eigenvalue weighted by Crippen LogP contribution is -2.45. The molecule has 2 rings (SSSR count). The van der Waals surface area contributed by atoms with Crippen LogP contribution in [0.2, 0.25) is 0 Å². The second-order valence-corrected chi connectivity index (χ2v) is 5.66. The number of Topliss-reactive ketones (excluding diaryl/α,β-unsaturated/α-hetero) is 1. The zero-order chi connectivity index (χ0) is 18.8. The summed E-state index contributed by atoms with van der Waals surface area (Å²) in [5.41, 5.74) is 0.667. The first kappa shape index (κ1) is 20.6. The highest BCUT2D eigenvalue weighted by molar-refractivity contribution is 6.27. The normalized spacial score (nSPS) is 15.0. The maximum Gasteiger partial charge on any atom is 0.414 e. The summed E-state index contributed by atoms with van der Waals surface area (Å²) in [4.78, 5) is 34.4. The van der Waals surface area contributed by atoms with Gasteiger partial charge in [0.1, 0.15) is 12.4 Å². The van der Waals surface area contributed by atoms with Crippen molar-refractivity contribution in [3.05, 3.63) is 29.8 Å². The molecule has 1 aromatic carbocycles. The van der Waals surface area contributed by atoms with Crippen LogP contribution in [-0.4, -0.2) is 84.1 Å². The lowest BCUT2D eigenvalue weighted by molar-refractivity contribution is -0.159. The molecule has 25 heavy (non-hydrogen) atoms. The van der Waals surface area contributed by atoms with E-state index in [4.69, 9.17) is 24.5 Å². The van der Waals surface area contributed by atoms with Gasteiger partial charge < -0.3 is 19.8 Å². The van der Waals surface area contributed by atoms with E-state index in [0.717, 1.165) is 32.7 Å². The number of hydrogen-bond donors (Lipinski definition) is 2. The Morgan fingerprint density at radius 2 is 1.60 bits per heavy atom. The zero-order valence-corrected chi connectivity index (χ0v) is 14.5. The summed E-state index contributed by atoms with van der Waals surface area (Å²) >= 11 is 0. The minimum absolute atomic E-state index is 0.0511. The Balaban J connectivity index is 0.000000450. The molecule has 0 radical (unpaired) electrons. The van der Waals surface area contributed by atoms with Crippen LogP contribution in [0.15, 0.2) is 24.3 Å². The van der Waals surface area contributed by atoms with E-state index in [1.165, 1.54) is 0 Å². The predicted molar refractivity (Wildman–Crippen MR) is 91.2 cm³/mol. The SMILES string of the molecule is CC(=O)c1ccccc1OCCN1CCN(C)CC1.O=C(O)C(=O)O. The number of benzene rings is 1. The summed E-state index contributed by atoms with van der Waals surface area (Å²) in [7, 11) is 2.15. The Morgan fingerprint density at radius 3 is 2.12 bits per heavy atom. The van der Waals surface area contributed by atoms with E-state index in [0.29, 0.717) is 17.9 Å². The minimum Gasteiger partial charge on any atom is -0.491 e. The molecule has 8 nitrogen and oxygen atoms in total. The van der Waals surface area contributed by atoms with Gasteiger partial charge in [0.2, 0.25) is 0 Å². The van der Waals surface area contributed by atoms with Crippen LogP contribution in [0, 0.1) is 0 Å². The van der Waals surface area contributed by atoms with Crippen LogP contribution in [0.3, 0.4) is 0 Å². The fourth-order valence-electron chi connectivity index (χ4n) is 2.24. The molecule has 1 fully saturated rings. The number of piperazine rings is 1. The molecule has 0 amide bonds. The molecule has 0 unspecified atom stereocenters. The first-order valence-corrected chi connectivity index (χ1v) is 7.91. The van der Waals surface area contributed by atoms with Crippen molar-refractivity contribution in [3.63, 3.8) is 0 Å². The number of carboxylic acid groups (broad SMARTS) is 2. The Morgan fingerprint density at radius 1 is 1.04 bits per heavy atom. The van der Waals surface area contributed by atoms with Gasteiger partial charge >= 0.3 is 11.9 Å². The highest BCUT2D eigenvalue weighted by Gasteiger charge is 2.14. The second kappa shape index (κ2) is 10.4. The van der Waals surface area contributed by atoms with Crippen molar-refractivity contribution in [2.45, 2.75) is 6.92 Å². The largest absolute Gasteiger partial charge is 0.491 e. The summed E-state index contributed by atoms with van der Waals surface area (Å²) in [5, 5.41) is 14.8. The van der Waals surface area contributed by atoms with Crippen molar-refractivity contribution in [2.75, 3.05) is 46.4 Å². The highest BCUT2D eigenvalue weighted by atomic mass is 16.5. The third-order valence-electron chi connectivity index (χ3n) is 3.71. The van der Waals surface area contributed by atoms with E-state index in [1.54, 1.807) is 6.92 Å². The lowest BCUT2D eigenvalue weighted by Gasteiger charge is -2.32. The number of ether oxygens (including phenoxy) is 1. The van der Waals surface area contributed by atoms with Gasteiger partial charge in [0.05, 0.1) is 5.56 Å². The van der Waals surface area contributed by atoms with E-state index < -0.39 is 11.9 Å². The lowest BCUT2D eigenvalue weighted by atomic mass is 10.1. The van der Waals surface area contributed by atoms with Gasteiger partial charge in [-0.05, 0) is 26.1 Å². The van der Waals surface area contributed by atoms with E-state index >= 15 is 0 Å². The molecule has 1 heterocycles. The van der Waals surface area contributed by atoms with Gasteiger partial charge in [0, 0.05) is 32.7 Å². The Hall–Kier alpha value is -2.45. The Kier molecular flexibility index (Phi) is 8.59. The first-order chi connectivity index (χ1) is 11.8. The van der Waals surface area contributed by atoms with Crippen molar-refractivity contribution < 1.29 is 29.3 Å². The van der Waals surface area contributed by atoms with E-state index in [1.807, 2.05) is 24.3 Å². The van der Waals surface area contributed by atoms with Crippen LogP contribution in [-0.2, 0) is 9.59 Å². The van der Waals surface area contributed by atoms with E-state index in [-0.39, 0.29) is 5.78 Å². The van der Waals surface area contributed by atoms with E-state index in [9.17, 15) is 4.79 Å². The molecule has 1 aliphatic heterocycles. The van der Waals surface area contributed by atoms with Crippen molar-refractivity contribution in [1.29, 1.82) is 0 Å². The van der Waals surface area contributed by atoms with Gasteiger partial charge in [-0.1, -0.05) is 12.1 Å². The molecule has 1 aromatic rings. The second-order valence-electron chi connectivity index (χ2n) is 5.66.